The van der Waals surface area contributed by atoms with Crippen molar-refractivity contribution in [3.05, 3.63) is 23.8 Å². The molecule has 1 aromatic carbocycles. The second-order valence-corrected chi connectivity index (χ2v) is 3.82. The topological polar surface area (TPSA) is 94.1 Å². The number of hydrogen-bond acceptors (Lipinski definition) is 6. The highest BCUT2D eigenvalue weighted by atomic mass is 16.5. The van der Waals surface area contributed by atoms with E-state index in [4.69, 9.17) is 9.47 Å². The molecule has 7 heteroatoms. The van der Waals surface area contributed by atoms with Crippen molar-refractivity contribution in [2.45, 2.75) is 6.10 Å². The predicted octanol–water partition coefficient (Wildman–Crippen LogP) is -0.0325. The molecule has 0 aliphatic rings. The summed E-state index contributed by atoms with van der Waals surface area (Å²) in [5, 5.41) is 11.8. The lowest BCUT2D eigenvalue weighted by Crippen LogP contribution is -2.37. The highest BCUT2D eigenvalue weighted by Crippen LogP contribution is 2.27. The van der Waals surface area contributed by atoms with Crippen molar-refractivity contribution in [1.29, 1.82) is 0 Å². The highest BCUT2D eigenvalue weighted by molar-refractivity contribution is 5.95. The van der Waals surface area contributed by atoms with Crippen molar-refractivity contribution < 1.29 is 28.9 Å². The van der Waals surface area contributed by atoms with Gasteiger partial charge in [-0.05, 0) is 18.2 Å². The minimum Gasteiger partial charge on any atom is -0.493 e. The number of carbonyl (C=O) groups excluding carboxylic acids is 2. The van der Waals surface area contributed by atoms with Gasteiger partial charge in [-0.15, -0.1) is 0 Å². The molecule has 1 aromatic rings. The number of methoxy groups -OCH3 is 3. The fraction of sp³-hybridized carbons (Fsp3) is 0.385. The Kier molecular flexibility index (Phi) is 5.79. The van der Waals surface area contributed by atoms with Gasteiger partial charge >= 0.3 is 5.97 Å². The summed E-state index contributed by atoms with van der Waals surface area (Å²) in [5.41, 5.74) is 0.319. The molecule has 0 aliphatic carbocycles. The molecular weight excluding hydrogens is 266 g/mol. The molecule has 0 aromatic heterocycles. The first-order valence-corrected chi connectivity index (χ1v) is 5.79. The number of ether oxygens (including phenoxy) is 3. The molecule has 0 bridgehead atoms. The lowest BCUT2D eigenvalue weighted by Gasteiger charge is -2.11. The van der Waals surface area contributed by atoms with Crippen LogP contribution in [0.3, 0.4) is 0 Å². The molecule has 1 rings (SSSR count). The summed E-state index contributed by atoms with van der Waals surface area (Å²) in [4.78, 5) is 22.8. The number of benzene rings is 1. The van der Waals surface area contributed by atoms with Gasteiger partial charge < -0.3 is 24.6 Å². The van der Waals surface area contributed by atoms with E-state index in [2.05, 4.69) is 10.1 Å². The van der Waals surface area contributed by atoms with E-state index < -0.39 is 18.0 Å². The number of nitrogens with one attached hydrogen (secondary N) is 1. The van der Waals surface area contributed by atoms with E-state index in [9.17, 15) is 14.7 Å². The Balaban J connectivity index is 2.71. The minimum absolute atomic E-state index is 0.236. The van der Waals surface area contributed by atoms with Crippen LogP contribution < -0.4 is 14.8 Å². The van der Waals surface area contributed by atoms with Crippen LogP contribution in [0.2, 0.25) is 0 Å². The Morgan fingerprint density at radius 3 is 2.40 bits per heavy atom. The number of esters is 1. The molecule has 1 unspecified atom stereocenters. The zero-order valence-electron chi connectivity index (χ0n) is 11.5. The van der Waals surface area contributed by atoms with Gasteiger partial charge in [0.05, 0.1) is 27.9 Å². The van der Waals surface area contributed by atoms with Gasteiger partial charge in [-0.2, -0.15) is 0 Å². The number of aliphatic hydroxyl groups excluding tert-OH is 1. The Morgan fingerprint density at radius 2 is 1.85 bits per heavy atom. The lowest BCUT2D eigenvalue weighted by molar-refractivity contribution is -0.149. The summed E-state index contributed by atoms with van der Waals surface area (Å²) in [6.45, 7) is -0.236. The van der Waals surface area contributed by atoms with Gasteiger partial charge in [0.2, 0.25) is 0 Å². The average molecular weight is 283 g/mol. The van der Waals surface area contributed by atoms with Gasteiger partial charge in [-0.3, -0.25) is 4.79 Å². The molecule has 110 valence electrons. The number of rotatable bonds is 6. The lowest BCUT2D eigenvalue weighted by atomic mass is 10.2. The third-order valence-electron chi connectivity index (χ3n) is 2.57. The fourth-order valence-corrected chi connectivity index (χ4v) is 1.49. The smallest absolute Gasteiger partial charge is 0.336 e. The third kappa shape index (κ3) is 3.86. The molecule has 0 aliphatic heterocycles. The van der Waals surface area contributed by atoms with Crippen LogP contribution in [0, 0.1) is 0 Å². The Morgan fingerprint density at radius 1 is 1.20 bits per heavy atom. The van der Waals surface area contributed by atoms with Crippen LogP contribution in [0.5, 0.6) is 11.5 Å². The number of aliphatic hydroxyl groups is 1. The summed E-state index contributed by atoms with van der Waals surface area (Å²) >= 11 is 0. The Labute approximate surface area is 116 Å². The van der Waals surface area contributed by atoms with E-state index in [1.165, 1.54) is 20.3 Å². The summed E-state index contributed by atoms with van der Waals surface area (Å²) in [5.74, 6) is -0.348. The minimum atomic E-state index is -1.40. The van der Waals surface area contributed by atoms with Crippen molar-refractivity contribution in [3.8, 4) is 11.5 Å². The van der Waals surface area contributed by atoms with Crippen LogP contribution >= 0.6 is 0 Å². The van der Waals surface area contributed by atoms with Crippen LogP contribution in [-0.4, -0.2) is 51.0 Å². The first-order valence-electron chi connectivity index (χ1n) is 5.79. The number of hydrogen-bond donors (Lipinski definition) is 2. The molecule has 20 heavy (non-hydrogen) atoms. The van der Waals surface area contributed by atoms with Crippen molar-refractivity contribution in [1.82, 2.24) is 5.32 Å². The maximum atomic E-state index is 11.9. The van der Waals surface area contributed by atoms with Gasteiger partial charge in [0.15, 0.2) is 17.6 Å². The average Bonchev–Trinajstić information content (AvgIpc) is 2.50. The predicted molar refractivity (Wildman–Crippen MR) is 69.9 cm³/mol. The van der Waals surface area contributed by atoms with E-state index in [1.807, 2.05) is 0 Å². The SMILES string of the molecule is COC(=O)C(O)CNC(=O)c1ccc(OC)c(OC)c1. The second-order valence-electron chi connectivity index (χ2n) is 3.82. The molecule has 0 saturated carbocycles. The molecule has 0 saturated heterocycles. The molecule has 2 N–H and O–H groups in total. The molecular formula is C13H17NO6. The molecule has 0 radical (unpaired) electrons. The van der Waals surface area contributed by atoms with Crippen LogP contribution in [0.4, 0.5) is 0 Å². The van der Waals surface area contributed by atoms with Gasteiger partial charge in [0.1, 0.15) is 0 Å². The number of carbonyl (C=O) groups is 2. The van der Waals surface area contributed by atoms with Crippen molar-refractivity contribution in [2.24, 2.45) is 0 Å². The van der Waals surface area contributed by atoms with Gasteiger partial charge in [0, 0.05) is 5.56 Å². The maximum Gasteiger partial charge on any atom is 0.336 e. The zero-order chi connectivity index (χ0) is 15.1. The van der Waals surface area contributed by atoms with Crippen LogP contribution in [0.1, 0.15) is 10.4 Å². The number of amides is 1. The van der Waals surface area contributed by atoms with Crippen LogP contribution in [0.15, 0.2) is 18.2 Å². The monoisotopic (exact) mass is 283 g/mol. The summed E-state index contributed by atoms with van der Waals surface area (Å²) in [6.07, 6.45) is -1.40. The van der Waals surface area contributed by atoms with Crippen molar-refractivity contribution >= 4 is 11.9 Å². The Bertz CT molecular complexity index is 488. The van der Waals surface area contributed by atoms with E-state index in [0.29, 0.717) is 17.1 Å². The third-order valence-corrected chi connectivity index (χ3v) is 2.57. The van der Waals surface area contributed by atoms with Crippen molar-refractivity contribution in [3.63, 3.8) is 0 Å². The summed E-state index contributed by atoms with van der Waals surface area (Å²) in [7, 11) is 4.10. The van der Waals surface area contributed by atoms with Gasteiger partial charge in [0.25, 0.3) is 5.91 Å². The molecule has 0 spiro atoms. The standard InChI is InChI=1S/C13H17NO6/c1-18-10-5-4-8(6-11(10)19-2)12(16)14-7-9(15)13(17)20-3/h4-6,9,15H,7H2,1-3H3,(H,14,16). The van der Waals surface area contributed by atoms with Gasteiger partial charge in [-0.25, -0.2) is 4.79 Å². The normalized spacial score (nSPS) is 11.4. The van der Waals surface area contributed by atoms with E-state index in [0.717, 1.165) is 7.11 Å². The second kappa shape index (κ2) is 7.34. The van der Waals surface area contributed by atoms with Gasteiger partial charge in [-0.1, -0.05) is 0 Å². The molecule has 0 heterocycles. The highest BCUT2D eigenvalue weighted by Gasteiger charge is 2.17. The van der Waals surface area contributed by atoms with E-state index in [1.54, 1.807) is 12.1 Å². The van der Waals surface area contributed by atoms with Crippen molar-refractivity contribution in [2.75, 3.05) is 27.9 Å². The molecule has 1 amide bonds. The Hall–Kier alpha value is -2.28. The fourth-order valence-electron chi connectivity index (χ4n) is 1.49. The van der Waals surface area contributed by atoms with E-state index >= 15 is 0 Å². The quantitative estimate of drug-likeness (QED) is 0.712. The molecule has 1 atom stereocenters. The maximum absolute atomic E-state index is 11.9. The first-order chi connectivity index (χ1) is 9.53. The molecule has 7 nitrogen and oxygen atoms in total. The van der Waals surface area contributed by atoms with Crippen LogP contribution in [0.25, 0.3) is 0 Å². The van der Waals surface area contributed by atoms with E-state index in [-0.39, 0.29) is 6.54 Å². The largest absolute Gasteiger partial charge is 0.493 e. The first kappa shape index (κ1) is 15.8. The molecule has 0 fully saturated rings. The summed E-state index contributed by atoms with van der Waals surface area (Å²) < 4.78 is 14.5. The van der Waals surface area contributed by atoms with Crippen LogP contribution in [-0.2, 0) is 9.53 Å². The summed E-state index contributed by atoms with van der Waals surface area (Å²) in [6, 6.07) is 4.63. The zero-order valence-corrected chi connectivity index (χ0v) is 11.5.